The Labute approximate surface area is 118 Å². The summed E-state index contributed by atoms with van der Waals surface area (Å²) in [5.41, 5.74) is 4.71. The van der Waals surface area contributed by atoms with Gasteiger partial charge in [-0.25, -0.2) is 0 Å². The third-order valence-electron chi connectivity index (χ3n) is 3.45. The number of benzene rings is 2. The largest absolute Gasteiger partial charge is 0.497 e. The first-order chi connectivity index (χ1) is 9.76. The van der Waals surface area contributed by atoms with Crippen LogP contribution in [0.25, 0.3) is 22.6 Å². The molecule has 0 saturated carbocycles. The lowest BCUT2D eigenvalue weighted by Crippen LogP contribution is -1.83. The van der Waals surface area contributed by atoms with Gasteiger partial charge in [-0.3, -0.25) is 0 Å². The van der Waals surface area contributed by atoms with E-state index in [1.807, 2.05) is 18.2 Å². The fourth-order valence-electron chi connectivity index (χ4n) is 2.31. The van der Waals surface area contributed by atoms with E-state index in [0.29, 0.717) is 0 Å². The van der Waals surface area contributed by atoms with Crippen molar-refractivity contribution in [2.24, 2.45) is 0 Å². The number of methoxy groups -OCH3 is 1. The summed E-state index contributed by atoms with van der Waals surface area (Å²) in [6.45, 7) is 2.12. The maximum Gasteiger partial charge on any atom is 0.118 e. The summed E-state index contributed by atoms with van der Waals surface area (Å²) in [6.07, 6.45) is 2.17. The van der Waals surface area contributed by atoms with Gasteiger partial charge in [0.15, 0.2) is 0 Å². The maximum atomic E-state index is 5.17. The summed E-state index contributed by atoms with van der Waals surface area (Å²) in [5.74, 6) is 0.880. The van der Waals surface area contributed by atoms with Crippen LogP contribution in [-0.2, 0) is 0 Å². The van der Waals surface area contributed by atoms with E-state index >= 15 is 0 Å². The van der Waals surface area contributed by atoms with Crippen LogP contribution < -0.4 is 4.74 Å². The minimum atomic E-state index is 0.880. The van der Waals surface area contributed by atoms with E-state index in [1.165, 1.54) is 22.0 Å². The number of fused-ring (bicyclic) bond motifs is 1. The lowest BCUT2D eigenvalue weighted by atomic mass is 10.1. The lowest BCUT2D eigenvalue weighted by Gasteiger charge is -2.01. The molecule has 3 aromatic rings. The average molecular weight is 263 g/mol. The van der Waals surface area contributed by atoms with Crippen LogP contribution in [-0.4, -0.2) is 12.1 Å². The van der Waals surface area contributed by atoms with Crippen LogP contribution >= 0.6 is 0 Å². The normalized spacial score (nSPS) is 11.8. The van der Waals surface area contributed by atoms with Crippen LogP contribution in [0, 0.1) is 0 Å². The zero-order valence-corrected chi connectivity index (χ0v) is 11.7. The van der Waals surface area contributed by atoms with Gasteiger partial charge in [0, 0.05) is 11.2 Å². The minimum Gasteiger partial charge on any atom is -0.497 e. The van der Waals surface area contributed by atoms with Crippen LogP contribution in [0.2, 0.25) is 0 Å². The minimum absolute atomic E-state index is 0.880. The van der Waals surface area contributed by atoms with E-state index in [0.717, 1.165) is 11.4 Å². The van der Waals surface area contributed by atoms with Crippen molar-refractivity contribution < 1.29 is 4.74 Å². The van der Waals surface area contributed by atoms with Gasteiger partial charge in [0.05, 0.1) is 7.11 Å². The fraction of sp³-hybridized carbons (Fsp3) is 0.111. The van der Waals surface area contributed by atoms with Crippen molar-refractivity contribution in [3.63, 3.8) is 0 Å². The number of nitrogens with one attached hydrogen (secondary N) is 1. The second-order valence-electron chi connectivity index (χ2n) is 4.87. The van der Waals surface area contributed by atoms with E-state index in [4.69, 9.17) is 4.74 Å². The highest BCUT2D eigenvalue weighted by Crippen LogP contribution is 2.23. The Bertz CT molecular complexity index is 717. The Morgan fingerprint density at radius 2 is 1.80 bits per heavy atom. The Balaban J connectivity index is 1.93. The van der Waals surface area contributed by atoms with E-state index in [-0.39, 0.29) is 0 Å². The van der Waals surface area contributed by atoms with Crippen molar-refractivity contribution in [2.45, 2.75) is 6.92 Å². The molecule has 0 aliphatic heterocycles. The summed E-state index contributed by atoms with van der Waals surface area (Å²) >= 11 is 0. The molecule has 0 spiro atoms. The van der Waals surface area contributed by atoms with Crippen LogP contribution in [0.3, 0.4) is 0 Å². The number of hydrogen-bond donors (Lipinski definition) is 1. The summed E-state index contributed by atoms with van der Waals surface area (Å²) in [5, 5.41) is 1.24. The second-order valence-corrected chi connectivity index (χ2v) is 4.87. The molecule has 3 rings (SSSR count). The standard InChI is InChI=1S/C18H17NO/c1-13(11-14-7-9-16(20-2)10-8-14)18-12-15-5-3-4-6-17(15)19-18/h3-12,19H,1-2H3/b13-11+. The van der Waals surface area contributed by atoms with Gasteiger partial charge in [0.25, 0.3) is 0 Å². The molecular formula is C18H17NO. The third-order valence-corrected chi connectivity index (χ3v) is 3.45. The predicted molar refractivity (Wildman–Crippen MR) is 84.8 cm³/mol. The highest BCUT2D eigenvalue weighted by Gasteiger charge is 2.02. The second kappa shape index (κ2) is 5.25. The molecule has 0 unspecified atom stereocenters. The van der Waals surface area contributed by atoms with Gasteiger partial charge in [-0.05, 0) is 53.8 Å². The van der Waals surface area contributed by atoms with Gasteiger partial charge in [-0.15, -0.1) is 0 Å². The fourth-order valence-corrected chi connectivity index (χ4v) is 2.31. The molecule has 0 radical (unpaired) electrons. The number of aromatic amines is 1. The molecule has 2 heteroatoms. The monoisotopic (exact) mass is 263 g/mol. The third kappa shape index (κ3) is 2.45. The summed E-state index contributed by atoms with van der Waals surface area (Å²) < 4.78 is 5.17. The van der Waals surface area contributed by atoms with Crippen LogP contribution in [0.15, 0.2) is 54.6 Å². The molecule has 1 heterocycles. The molecule has 2 nitrogen and oxygen atoms in total. The molecule has 1 N–H and O–H groups in total. The van der Waals surface area contributed by atoms with Crippen LogP contribution in [0.4, 0.5) is 0 Å². The molecule has 20 heavy (non-hydrogen) atoms. The zero-order valence-electron chi connectivity index (χ0n) is 11.7. The molecular weight excluding hydrogens is 246 g/mol. The van der Waals surface area contributed by atoms with E-state index < -0.39 is 0 Å². The van der Waals surface area contributed by atoms with Gasteiger partial charge in [-0.1, -0.05) is 30.3 Å². The molecule has 100 valence electrons. The molecule has 1 aromatic heterocycles. The SMILES string of the molecule is COc1ccc(/C=C(\C)c2cc3ccccc3[nH]2)cc1. The topological polar surface area (TPSA) is 25.0 Å². The average Bonchev–Trinajstić information content (AvgIpc) is 2.92. The van der Waals surface area contributed by atoms with Crippen molar-refractivity contribution in [1.29, 1.82) is 0 Å². The van der Waals surface area contributed by atoms with Crippen LogP contribution in [0.5, 0.6) is 5.75 Å². The van der Waals surface area contributed by atoms with Crippen molar-refractivity contribution in [3.05, 3.63) is 65.9 Å². The molecule has 0 atom stereocenters. The van der Waals surface area contributed by atoms with Gasteiger partial charge in [0.2, 0.25) is 0 Å². The lowest BCUT2D eigenvalue weighted by molar-refractivity contribution is 0.415. The Hall–Kier alpha value is -2.48. The first-order valence-corrected chi connectivity index (χ1v) is 6.67. The number of rotatable bonds is 3. The molecule has 0 fully saturated rings. The maximum absolute atomic E-state index is 5.17. The van der Waals surface area contributed by atoms with Crippen molar-refractivity contribution in [1.82, 2.24) is 4.98 Å². The Morgan fingerprint density at radius 1 is 1.05 bits per heavy atom. The summed E-state index contributed by atoms with van der Waals surface area (Å²) in [7, 11) is 1.68. The number of ether oxygens (including phenoxy) is 1. The first kappa shape index (κ1) is 12.5. The highest BCUT2D eigenvalue weighted by atomic mass is 16.5. The number of aromatic nitrogens is 1. The zero-order chi connectivity index (χ0) is 13.9. The number of hydrogen-bond acceptors (Lipinski definition) is 1. The Kier molecular flexibility index (Phi) is 3.30. The van der Waals surface area contributed by atoms with Gasteiger partial charge < -0.3 is 9.72 Å². The molecule has 0 saturated heterocycles. The molecule has 0 aliphatic carbocycles. The van der Waals surface area contributed by atoms with Gasteiger partial charge in [-0.2, -0.15) is 0 Å². The highest BCUT2D eigenvalue weighted by molar-refractivity contribution is 5.88. The first-order valence-electron chi connectivity index (χ1n) is 6.67. The smallest absolute Gasteiger partial charge is 0.118 e. The van der Waals surface area contributed by atoms with E-state index in [1.54, 1.807) is 7.11 Å². The number of allylic oxidation sites excluding steroid dienone is 1. The molecule has 0 bridgehead atoms. The molecule has 0 aliphatic rings. The summed E-state index contributed by atoms with van der Waals surface area (Å²) in [6, 6.07) is 18.6. The van der Waals surface area contributed by atoms with E-state index in [2.05, 4.69) is 54.4 Å². The quantitative estimate of drug-likeness (QED) is 0.725. The number of H-pyrrole nitrogens is 1. The van der Waals surface area contributed by atoms with Gasteiger partial charge >= 0.3 is 0 Å². The van der Waals surface area contributed by atoms with Gasteiger partial charge in [0.1, 0.15) is 5.75 Å². The van der Waals surface area contributed by atoms with E-state index in [9.17, 15) is 0 Å². The van der Waals surface area contributed by atoms with Crippen LogP contribution in [0.1, 0.15) is 18.2 Å². The van der Waals surface area contributed by atoms with Crippen molar-refractivity contribution in [3.8, 4) is 5.75 Å². The number of para-hydroxylation sites is 1. The van der Waals surface area contributed by atoms with Crippen molar-refractivity contribution >= 4 is 22.6 Å². The predicted octanol–water partition coefficient (Wildman–Crippen LogP) is 4.74. The summed E-state index contributed by atoms with van der Waals surface area (Å²) in [4.78, 5) is 3.45. The molecule has 0 amide bonds. The Morgan fingerprint density at radius 3 is 2.50 bits per heavy atom. The molecule has 2 aromatic carbocycles. The van der Waals surface area contributed by atoms with Crippen molar-refractivity contribution in [2.75, 3.05) is 7.11 Å².